The van der Waals surface area contributed by atoms with E-state index < -0.39 is 5.82 Å². The summed E-state index contributed by atoms with van der Waals surface area (Å²) in [5, 5.41) is 10.7. The Morgan fingerprint density at radius 2 is 2.21 bits per heavy atom. The molecule has 0 spiro atoms. The van der Waals surface area contributed by atoms with Crippen LogP contribution in [-0.4, -0.2) is 20.2 Å². The van der Waals surface area contributed by atoms with E-state index in [4.69, 9.17) is 5.73 Å². The van der Waals surface area contributed by atoms with E-state index in [1.165, 1.54) is 16.8 Å². The third-order valence-electron chi connectivity index (χ3n) is 1.83. The van der Waals surface area contributed by atoms with Crippen LogP contribution in [0, 0.1) is 12.7 Å². The molecule has 0 atom stereocenters. The van der Waals surface area contributed by atoms with Crippen LogP contribution < -0.4 is 5.73 Å². The van der Waals surface area contributed by atoms with Crippen LogP contribution >= 0.6 is 0 Å². The lowest BCUT2D eigenvalue weighted by molar-refractivity contribution is 0.605. The van der Waals surface area contributed by atoms with Crippen LogP contribution in [0.3, 0.4) is 0 Å². The monoisotopic (exact) mass is 193 g/mol. The van der Waals surface area contributed by atoms with Crippen molar-refractivity contribution in [1.82, 2.24) is 20.2 Å². The van der Waals surface area contributed by atoms with Crippen LogP contribution in [0.4, 0.5) is 10.1 Å². The number of aryl methyl sites for hydroxylation is 1. The smallest absolute Gasteiger partial charge is 0.153 e. The Hall–Kier alpha value is -1.98. The number of nitrogens with zero attached hydrogens (tertiary/aromatic N) is 4. The molecule has 0 aliphatic rings. The summed E-state index contributed by atoms with van der Waals surface area (Å²) in [6.45, 7) is 1.69. The SMILES string of the molecule is Cc1nnnn1-c1ccc(N)cc1F. The molecule has 2 N–H and O–H groups in total. The van der Waals surface area contributed by atoms with Crippen LogP contribution in [0.25, 0.3) is 5.69 Å². The van der Waals surface area contributed by atoms with Crippen molar-refractivity contribution in [1.29, 1.82) is 0 Å². The number of hydrogen-bond donors (Lipinski definition) is 1. The fourth-order valence-electron chi connectivity index (χ4n) is 1.15. The van der Waals surface area contributed by atoms with Crippen molar-refractivity contribution in [3.8, 4) is 5.69 Å². The summed E-state index contributed by atoms with van der Waals surface area (Å²) in [5.41, 5.74) is 6.08. The number of rotatable bonds is 1. The van der Waals surface area contributed by atoms with Gasteiger partial charge in [-0.15, -0.1) is 5.10 Å². The van der Waals surface area contributed by atoms with Gasteiger partial charge < -0.3 is 5.73 Å². The van der Waals surface area contributed by atoms with Crippen LogP contribution in [0.15, 0.2) is 18.2 Å². The van der Waals surface area contributed by atoms with E-state index in [0.29, 0.717) is 17.2 Å². The first kappa shape index (κ1) is 8.61. The maximum absolute atomic E-state index is 13.4. The Bertz CT molecular complexity index is 465. The molecule has 0 saturated carbocycles. The highest BCUT2D eigenvalue weighted by Crippen LogP contribution is 2.15. The molecule has 0 bridgehead atoms. The van der Waals surface area contributed by atoms with Crippen LogP contribution in [-0.2, 0) is 0 Å². The average Bonchev–Trinajstić information content (AvgIpc) is 2.52. The van der Waals surface area contributed by atoms with E-state index >= 15 is 0 Å². The summed E-state index contributed by atoms with van der Waals surface area (Å²) in [6.07, 6.45) is 0. The molecule has 0 fully saturated rings. The van der Waals surface area contributed by atoms with Gasteiger partial charge >= 0.3 is 0 Å². The molecule has 0 radical (unpaired) electrons. The van der Waals surface area contributed by atoms with Gasteiger partial charge in [0.25, 0.3) is 0 Å². The van der Waals surface area contributed by atoms with Gasteiger partial charge in [0.05, 0.1) is 0 Å². The Labute approximate surface area is 79.3 Å². The summed E-state index contributed by atoms with van der Waals surface area (Å²) in [4.78, 5) is 0. The van der Waals surface area contributed by atoms with Crippen molar-refractivity contribution in [2.75, 3.05) is 5.73 Å². The molecule has 2 rings (SSSR count). The second kappa shape index (κ2) is 3.06. The minimum Gasteiger partial charge on any atom is -0.399 e. The average molecular weight is 193 g/mol. The molecule has 1 heterocycles. The van der Waals surface area contributed by atoms with E-state index in [-0.39, 0.29) is 0 Å². The first-order valence-corrected chi connectivity index (χ1v) is 3.99. The summed E-state index contributed by atoms with van der Waals surface area (Å²) in [6, 6.07) is 4.37. The van der Waals surface area contributed by atoms with Gasteiger partial charge in [0.15, 0.2) is 11.6 Å². The van der Waals surface area contributed by atoms with Crippen LogP contribution in [0.1, 0.15) is 5.82 Å². The number of nitrogen functional groups attached to an aromatic ring is 1. The predicted molar refractivity (Wildman–Crippen MR) is 48.3 cm³/mol. The molecule has 0 amide bonds. The molecular weight excluding hydrogens is 185 g/mol. The van der Waals surface area contributed by atoms with Crippen LogP contribution in [0.2, 0.25) is 0 Å². The number of halogens is 1. The highest BCUT2D eigenvalue weighted by molar-refractivity contribution is 5.46. The van der Waals surface area contributed by atoms with Crippen molar-refractivity contribution in [3.63, 3.8) is 0 Å². The van der Waals surface area contributed by atoms with E-state index in [0.717, 1.165) is 0 Å². The zero-order valence-electron chi connectivity index (χ0n) is 7.48. The number of hydrogen-bond acceptors (Lipinski definition) is 4. The first-order valence-electron chi connectivity index (χ1n) is 3.99. The minimum absolute atomic E-state index is 0.293. The molecule has 72 valence electrons. The third-order valence-corrected chi connectivity index (χ3v) is 1.83. The van der Waals surface area contributed by atoms with Crippen molar-refractivity contribution < 1.29 is 4.39 Å². The number of anilines is 1. The van der Waals surface area contributed by atoms with E-state index in [1.54, 1.807) is 13.0 Å². The molecule has 5 nitrogen and oxygen atoms in total. The lowest BCUT2D eigenvalue weighted by Gasteiger charge is -2.03. The van der Waals surface area contributed by atoms with Gasteiger partial charge in [0.1, 0.15) is 5.69 Å². The Morgan fingerprint density at radius 3 is 2.79 bits per heavy atom. The molecule has 0 aliphatic heterocycles. The largest absolute Gasteiger partial charge is 0.399 e. The lowest BCUT2D eigenvalue weighted by Crippen LogP contribution is -2.03. The molecule has 2 aromatic rings. The van der Waals surface area contributed by atoms with E-state index in [2.05, 4.69) is 15.5 Å². The summed E-state index contributed by atoms with van der Waals surface area (Å²) < 4.78 is 14.7. The van der Waals surface area contributed by atoms with Gasteiger partial charge in [-0.25, -0.2) is 4.39 Å². The van der Waals surface area contributed by atoms with Crippen molar-refractivity contribution in [3.05, 3.63) is 29.8 Å². The van der Waals surface area contributed by atoms with Crippen molar-refractivity contribution in [2.45, 2.75) is 6.92 Å². The number of nitrogens with two attached hydrogens (primary N) is 1. The first-order chi connectivity index (χ1) is 6.68. The van der Waals surface area contributed by atoms with Crippen molar-refractivity contribution in [2.24, 2.45) is 0 Å². The van der Waals surface area contributed by atoms with Gasteiger partial charge in [-0.1, -0.05) is 0 Å². The summed E-state index contributed by atoms with van der Waals surface area (Å²) in [7, 11) is 0. The van der Waals surface area contributed by atoms with Gasteiger partial charge in [0.2, 0.25) is 0 Å². The third kappa shape index (κ3) is 1.30. The fourth-order valence-corrected chi connectivity index (χ4v) is 1.15. The standard InChI is InChI=1S/C8H8FN5/c1-5-11-12-13-14(5)8-3-2-6(10)4-7(8)9/h2-4H,10H2,1H3. The van der Waals surface area contributed by atoms with Gasteiger partial charge in [0, 0.05) is 5.69 Å². The second-order valence-electron chi connectivity index (χ2n) is 2.85. The number of tetrazole rings is 1. The van der Waals surface area contributed by atoms with E-state index in [9.17, 15) is 4.39 Å². The fraction of sp³-hybridized carbons (Fsp3) is 0.125. The van der Waals surface area contributed by atoms with E-state index in [1.807, 2.05) is 0 Å². The second-order valence-corrected chi connectivity index (χ2v) is 2.85. The number of benzene rings is 1. The maximum atomic E-state index is 13.4. The number of aromatic nitrogens is 4. The van der Waals surface area contributed by atoms with Crippen molar-refractivity contribution >= 4 is 5.69 Å². The Balaban J connectivity index is 2.58. The molecular formula is C8H8FN5. The highest BCUT2D eigenvalue weighted by Gasteiger charge is 2.08. The Kier molecular flexibility index (Phi) is 1.88. The highest BCUT2D eigenvalue weighted by atomic mass is 19.1. The normalized spacial score (nSPS) is 10.4. The quantitative estimate of drug-likeness (QED) is 0.676. The Morgan fingerprint density at radius 1 is 1.43 bits per heavy atom. The molecule has 1 aromatic carbocycles. The molecule has 6 heteroatoms. The molecule has 14 heavy (non-hydrogen) atoms. The zero-order valence-corrected chi connectivity index (χ0v) is 7.48. The van der Waals surface area contributed by atoms with Crippen LogP contribution in [0.5, 0.6) is 0 Å². The van der Waals surface area contributed by atoms with Gasteiger partial charge in [-0.3, -0.25) is 0 Å². The molecule has 0 unspecified atom stereocenters. The van der Waals surface area contributed by atoms with Gasteiger partial charge in [-0.2, -0.15) is 4.68 Å². The predicted octanol–water partition coefficient (Wildman–Crippen LogP) is 0.692. The molecule has 0 saturated heterocycles. The molecule has 1 aromatic heterocycles. The summed E-state index contributed by atoms with van der Waals surface area (Å²) >= 11 is 0. The zero-order chi connectivity index (χ0) is 10.1. The summed E-state index contributed by atoms with van der Waals surface area (Å²) in [5.74, 6) is 0.0778. The lowest BCUT2D eigenvalue weighted by atomic mass is 10.2. The topological polar surface area (TPSA) is 69.6 Å². The van der Waals surface area contributed by atoms with Gasteiger partial charge in [-0.05, 0) is 35.5 Å². The molecule has 0 aliphatic carbocycles. The maximum Gasteiger partial charge on any atom is 0.153 e. The minimum atomic E-state index is -0.444.